The molecule has 3 aromatic rings. The Morgan fingerprint density at radius 1 is 1.00 bits per heavy atom. The zero-order valence-corrected chi connectivity index (χ0v) is 15.9. The molecule has 2 aromatic heterocycles. The van der Waals surface area contributed by atoms with Crippen LogP contribution in [-0.4, -0.2) is 38.9 Å². The molecule has 6 nitrogen and oxygen atoms in total. The number of halogens is 1. The van der Waals surface area contributed by atoms with Gasteiger partial charge in [-0.3, -0.25) is 0 Å². The van der Waals surface area contributed by atoms with E-state index in [-0.39, 0.29) is 11.9 Å². The van der Waals surface area contributed by atoms with E-state index in [4.69, 9.17) is 9.72 Å². The first kappa shape index (κ1) is 17.4. The minimum absolute atomic E-state index is 0.0974. The average molecular weight is 381 g/mol. The summed E-state index contributed by atoms with van der Waals surface area (Å²) in [6.07, 6.45) is 11.4. The monoisotopic (exact) mass is 381 g/mol. The molecule has 28 heavy (non-hydrogen) atoms. The fourth-order valence-corrected chi connectivity index (χ4v) is 4.21. The topological polar surface area (TPSA) is 56.1 Å². The number of nitrogens with zero attached hydrogens (tertiary/aromatic N) is 5. The zero-order valence-electron chi connectivity index (χ0n) is 15.9. The minimum atomic E-state index is -0.365. The van der Waals surface area contributed by atoms with Gasteiger partial charge in [0, 0.05) is 36.9 Å². The molecule has 0 spiro atoms. The molecule has 5 rings (SSSR count). The Kier molecular flexibility index (Phi) is 4.58. The van der Waals surface area contributed by atoms with Crippen LogP contribution in [0.15, 0.2) is 30.6 Å². The fraction of sp³-hybridized carbons (Fsp3) is 0.476. The van der Waals surface area contributed by atoms with Crippen molar-refractivity contribution in [3.05, 3.63) is 36.4 Å². The molecule has 2 fully saturated rings. The van der Waals surface area contributed by atoms with E-state index in [1.807, 2.05) is 6.07 Å². The molecule has 0 N–H and O–H groups in total. The van der Waals surface area contributed by atoms with Gasteiger partial charge in [-0.05, 0) is 50.7 Å². The van der Waals surface area contributed by atoms with Crippen LogP contribution in [0.4, 0.5) is 10.2 Å². The first-order chi connectivity index (χ1) is 13.8. The van der Waals surface area contributed by atoms with Crippen molar-refractivity contribution < 1.29 is 9.13 Å². The Morgan fingerprint density at radius 2 is 1.82 bits per heavy atom. The van der Waals surface area contributed by atoms with Crippen molar-refractivity contribution in [2.75, 3.05) is 18.0 Å². The number of hydrogen-bond donors (Lipinski definition) is 0. The van der Waals surface area contributed by atoms with Gasteiger partial charge in [-0.1, -0.05) is 6.42 Å². The van der Waals surface area contributed by atoms with Gasteiger partial charge in [-0.2, -0.15) is 10.1 Å². The molecular formula is C21H24FN5O. The highest BCUT2D eigenvalue weighted by Crippen LogP contribution is 2.34. The molecule has 0 bridgehead atoms. The van der Waals surface area contributed by atoms with Crippen LogP contribution in [0.1, 0.15) is 44.9 Å². The van der Waals surface area contributed by atoms with Crippen LogP contribution in [0.25, 0.3) is 16.9 Å². The highest BCUT2D eigenvalue weighted by atomic mass is 19.1. The lowest BCUT2D eigenvalue weighted by molar-refractivity contribution is 0.149. The van der Waals surface area contributed by atoms with Crippen molar-refractivity contribution >= 4 is 16.7 Å². The van der Waals surface area contributed by atoms with Gasteiger partial charge in [0.25, 0.3) is 5.95 Å². The molecule has 2 aliphatic rings. The molecule has 1 aromatic carbocycles. The number of ether oxygens (including phenoxy) is 1. The third kappa shape index (κ3) is 3.30. The quantitative estimate of drug-likeness (QED) is 0.676. The Hall–Kier alpha value is -2.70. The van der Waals surface area contributed by atoms with Crippen molar-refractivity contribution in [1.29, 1.82) is 0 Å². The summed E-state index contributed by atoms with van der Waals surface area (Å²) >= 11 is 0. The SMILES string of the molecule is Fc1cc2nc(-n3cccn3)nc(N3CCCC3)c2cc1OC1CCCCC1. The molecule has 1 saturated heterocycles. The maximum Gasteiger partial charge on any atom is 0.253 e. The molecule has 3 heterocycles. The third-order valence-corrected chi connectivity index (χ3v) is 5.68. The van der Waals surface area contributed by atoms with E-state index >= 15 is 0 Å². The third-order valence-electron chi connectivity index (χ3n) is 5.68. The van der Waals surface area contributed by atoms with Gasteiger partial charge in [0.15, 0.2) is 11.6 Å². The Balaban J connectivity index is 1.60. The summed E-state index contributed by atoms with van der Waals surface area (Å²) in [6.45, 7) is 1.89. The molecule has 0 atom stereocenters. The lowest BCUT2D eigenvalue weighted by Gasteiger charge is -2.24. The summed E-state index contributed by atoms with van der Waals surface area (Å²) in [4.78, 5) is 11.6. The van der Waals surface area contributed by atoms with Crippen LogP contribution in [0.3, 0.4) is 0 Å². The van der Waals surface area contributed by atoms with E-state index in [0.717, 1.165) is 62.8 Å². The van der Waals surface area contributed by atoms with E-state index in [0.29, 0.717) is 17.2 Å². The zero-order chi connectivity index (χ0) is 18.9. The second kappa shape index (κ2) is 7.37. The molecule has 146 valence electrons. The van der Waals surface area contributed by atoms with E-state index in [2.05, 4.69) is 15.0 Å². The van der Waals surface area contributed by atoms with Crippen molar-refractivity contribution in [3.63, 3.8) is 0 Å². The highest BCUT2D eigenvalue weighted by Gasteiger charge is 2.22. The molecule has 1 aliphatic heterocycles. The van der Waals surface area contributed by atoms with Crippen molar-refractivity contribution in [3.8, 4) is 11.7 Å². The second-order valence-electron chi connectivity index (χ2n) is 7.67. The standard InChI is InChI=1S/C21H24FN5O/c22-17-14-18-16(13-19(17)28-15-7-2-1-3-8-15)20(26-10-4-5-11-26)25-21(24-18)27-12-6-9-23-27/h6,9,12-15H,1-5,7-8,10-11H2. The summed E-state index contributed by atoms with van der Waals surface area (Å²) in [5.74, 6) is 1.24. The van der Waals surface area contributed by atoms with Gasteiger partial charge in [0.2, 0.25) is 0 Å². The fourth-order valence-electron chi connectivity index (χ4n) is 4.21. The van der Waals surface area contributed by atoms with Gasteiger partial charge in [-0.15, -0.1) is 0 Å². The summed E-state index contributed by atoms with van der Waals surface area (Å²) in [7, 11) is 0. The van der Waals surface area contributed by atoms with Crippen LogP contribution in [0.2, 0.25) is 0 Å². The highest BCUT2D eigenvalue weighted by molar-refractivity contribution is 5.91. The van der Waals surface area contributed by atoms with E-state index in [1.165, 1.54) is 12.5 Å². The maximum absolute atomic E-state index is 14.8. The molecule has 7 heteroatoms. The van der Waals surface area contributed by atoms with Crippen LogP contribution < -0.4 is 9.64 Å². The lowest BCUT2D eigenvalue weighted by Crippen LogP contribution is -2.22. The second-order valence-corrected chi connectivity index (χ2v) is 7.67. The van der Waals surface area contributed by atoms with Crippen LogP contribution in [0, 0.1) is 5.82 Å². The summed E-state index contributed by atoms with van der Waals surface area (Å²) in [5, 5.41) is 5.07. The summed E-state index contributed by atoms with van der Waals surface area (Å²) in [6, 6.07) is 5.09. The molecule has 1 saturated carbocycles. The molecular weight excluding hydrogens is 357 g/mol. The molecule has 0 amide bonds. The van der Waals surface area contributed by atoms with Crippen molar-refractivity contribution in [1.82, 2.24) is 19.7 Å². The molecule has 1 aliphatic carbocycles. The number of aromatic nitrogens is 4. The molecule has 0 unspecified atom stereocenters. The number of rotatable bonds is 4. The van der Waals surface area contributed by atoms with Gasteiger partial charge in [-0.25, -0.2) is 14.1 Å². The first-order valence-electron chi connectivity index (χ1n) is 10.2. The number of hydrogen-bond acceptors (Lipinski definition) is 5. The number of anilines is 1. The van der Waals surface area contributed by atoms with E-state index in [9.17, 15) is 4.39 Å². The Morgan fingerprint density at radius 3 is 2.57 bits per heavy atom. The minimum Gasteiger partial charge on any atom is -0.487 e. The normalized spacial score (nSPS) is 18.1. The smallest absolute Gasteiger partial charge is 0.253 e. The van der Waals surface area contributed by atoms with E-state index < -0.39 is 0 Å². The average Bonchev–Trinajstić information content (AvgIpc) is 3.43. The van der Waals surface area contributed by atoms with Gasteiger partial charge >= 0.3 is 0 Å². The van der Waals surface area contributed by atoms with Gasteiger partial charge in [0.1, 0.15) is 5.82 Å². The first-order valence-corrected chi connectivity index (χ1v) is 10.2. The van der Waals surface area contributed by atoms with E-state index in [1.54, 1.807) is 23.1 Å². The molecule has 0 radical (unpaired) electrons. The predicted octanol–water partition coefficient (Wildman–Crippen LogP) is 4.27. The lowest BCUT2D eigenvalue weighted by atomic mass is 9.98. The summed E-state index contributed by atoms with van der Waals surface area (Å²) < 4.78 is 22.5. The maximum atomic E-state index is 14.8. The van der Waals surface area contributed by atoms with Crippen LogP contribution in [-0.2, 0) is 0 Å². The largest absolute Gasteiger partial charge is 0.487 e. The number of benzene rings is 1. The Labute approximate surface area is 163 Å². The van der Waals surface area contributed by atoms with Crippen LogP contribution in [0.5, 0.6) is 5.75 Å². The van der Waals surface area contributed by atoms with Crippen LogP contribution >= 0.6 is 0 Å². The Bertz CT molecular complexity index is 963. The van der Waals surface area contributed by atoms with Crippen molar-refractivity contribution in [2.24, 2.45) is 0 Å². The van der Waals surface area contributed by atoms with Gasteiger partial charge in [0.05, 0.1) is 11.6 Å². The predicted molar refractivity (Wildman–Crippen MR) is 106 cm³/mol. The summed E-state index contributed by atoms with van der Waals surface area (Å²) in [5.41, 5.74) is 0.580. The van der Waals surface area contributed by atoms with Gasteiger partial charge < -0.3 is 9.64 Å². The van der Waals surface area contributed by atoms with Crippen molar-refractivity contribution in [2.45, 2.75) is 51.0 Å². The number of fused-ring (bicyclic) bond motifs is 1.